The highest BCUT2D eigenvalue weighted by molar-refractivity contribution is 6.31. The van der Waals surface area contributed by atoms with Crippen LogP contribution in [0.4, 0.5) is 11.4 Å². The van der Waals surface area contributed by atoms with Crippen LogP contribution in [0.2, 0.25) is 5.02 Å². The van der Waals surface area contributed by atoms with Crippen LogP contribution in [0.25, 0.3) is 0 Å². The van der Waals surface area contributed by atoms with E-state index in [9.17, 15) is 14.9 Å². The molecule has 0 unspecified atom stereocenters. The van der Waals surface area contributed by atoms with Gasteiger partial charge in [0.25, 0.3) is 5.91 Å². The molecular weight excluding hydrogens is 480 g/mol. The molecule has 1 aromatic heterocycles. The van der Waals surface area contributed by atoms with E-state index < -0.39 is 4.92 Å². The first-order valence-corrected chi connectivity index (χ1v) is 11.7. The van der Waals surface area contributed by atoms with Crippen molar-refractivity contribution in [1.82, 2.24) is 9.78 Å². The summed E-state index contributed by atoms with van der Waals surface area (Å²) in [5, 5.41) is 19.5. The van der Waals surface area contributed by atoms with E-state index >= 15 is 0 Å². The monoisotopic (exact) mass is 504 g/mol. The molecule has 184 valence electrons. The lowest BCUT2D eigenvalue weighted by Crippen LogP contribution is -2.14. The van der Waals surface area contributed by atoms with E-state index in [1.165, 1.54) is 6.07 Å². The van der Waals surface area contributed by atoms with Crippen LogP contribution in [-0.4, -0.2) is 20.6 Å². The number of carbonyl (C=O) groups excluding carboxylic acids is 1. The molecule has 0 aliphatic carbocycles. The molecule has 0 aliphatic rings. The summed E-state index contributed by atoms with van der Waals surface area (Å²) in [6.45, 7) is 6.08. The van der Waals surface area contributed by atoms with Gasteiger partial charge in [-0.15, -0.1) is 0 Å². The highest BCUT2D eigenvalue weighted by atomic mass is 35.5. The molecule has 0 radical (unpaired) electrons. The van der Waals surface area contributed by atoms with E-state index in [0.717, 1.165) is 16.8 Å². The average molecular weight is 505 g/mol. The summed E-state index contributed by atoms with van der Waals surface area (Å²) < 4.78 is 7.51. The van der Waals surface area contributed by atoms with Crippen LogP contribution in [0, 0.1) is 30.9 Å². The van der Waals surface area contributed by atoms with Crippen LogP contribution < -0.4 is 10.1 Å². The SMILES string of the molecule is Cc1ccc(OCc2cccc(C(=O)Nc3c(C)nn(Cc4ccccc4Cl)c3C)c2)c([N+](=O)[O-])c1. The number of nitrogens with one attached hydrogen (secondary N) is 1. The van der Waals surface area contributed by atoms with E-state index in [-0.39, 0.29) is 24.0 Å². The second kappa shape index (κ2) is 10.6. The minimum Gasteiger partial charge on any atom is -0.482 e. The van der Waals surface area contributed by atoms with Gasteiger partial charge in [-0.3, -0.25) is 19.6 Å². The van der Waals surface area contributed by atoms with E-state index in [0.29, 0.717) is 34.1 Å². The van der Waals surface area contributed by atoms with Gasteiger partial charge in [0.1, 0.15) is 6.61 Å². The Morgan fingerprint density at radius 3 is 2.61 bits per heavy atom. The van der Waals surface area contributed by atoms with Gasteiger partial charge in [-0.05, 0) is 61.7 Å². The molecule has 0 spiro atoms. The highest BCUT2D eigenvalue weighted by Crippen LogP contribution is 2.29. The Bertz CT molecular complexity index is 1450. The van der Waals surface area contributed by atoms with Crippen molar-refractivity contribution >= 4 is 28.9 Å². The minimum absolute atomic E-state index is 0.0822. The van der Waals surface area contributed by atoms with Crippen molar-refractivity contribution in [1.29, 1.82) is 0 Å². The lowest BCUT2D eigenvalue weighted by atomic mass is 10.1. The van der Waals surface area contributed by atoms with Gasteiger partial charge in [0.15, 0.2) is 5.75 Å². The zero-order valence-corrected chi connectivity index (χ0v) is 20.9. The Kier molecular flexibility index (Phi) is 7.36. The number of nitro groups is 1. The van der Waals surface area contributed by atoms with Crippen molar-refractivity contribution in [2.75, 3.05) is 5.32 Å². The number of halogens is 1. The summed E-state index contributed by atoms with van der Waals surface area (Å²) in [7, 11) is 0. The first-order valence-electron chi connectivity index (χ1n) is 11.3. The molecule has 8 nitrogen and oxygen atoms in total. The van der Waals surface area contributed by atoms with Gasteiger partial charge >= 0.3 is 5.69 Å². The molecule has 4 rings (SSSR count). The van der Waals surface area contributed by atoms with Gasteiger partial charge in [-0.1, -0.05) is 48.0 Å². The predicted molar refractivity (Wildman–Crippen MR) is 139 cm³/mol. The van der Waals surface area contributed by atoms with Gasteiger partial charge in [0, 0.05) is 16.7 Å². The molecule has 0 saturated carbocycles. The fourth-order valence-corrected chi connectivity index (χ4v) is 4.06. The number of aryl methyl sites for hydroxylation is 2. The molecule has 0 aliphatic heterocycles. The molecule has 4 aromatic rings. The summed E-state index contributed by atoms with van der Waals surface area (Å²) in [6, 6.07) is 19.3. The molecule has 3 aromatic carbocycles. The molecule has 9 heteroatoms. The zero-order chi connectivity index (χ0) is 25.8. The number of ether oxygens (including phenoxy) is 1. The van der Waals surface area contributed by atoms with Crippen LogP contribution in [0.3, 0.4) is 0 Å². The summed E-state index contributed by atoms with van der Waals surface area (Å²) in [4.78, 5) is 23.9. The number of benzene rings is 3. The standard InChI is InChI=1S/C27H25ClN4O4/c1-17-11-12-25(24(13-17)32(34)35)36-16-20-7-6-9-21(14-20)27(33)29-26-18(2)30-31(19(26)3)15-22-8-4-5-10-23(22)28/h4-14H,15-16H2,1-3H3,(H,29,33). The summed E-state index contributed by atoms with van der Waals surface area (Å²) in [5.74, 6) is -0.112. The lowest BCUT2D eigenvalue weighted by Gasteiger charge is -2.10. The number of rotatable bonds is 8. The third-order valence-corrected chi connectivity index (χ3v) is 6.16. The van der Waals surface area contributed by atoms with Crippen LogP contribution in [0.15, 0.2) is 66.7 Å². The van der Waals surface area contributed by atoms with Gasteiger partial charge in [0.05, 0.1) is 28.5 Å². The Morgan fingerprint density at radius 2 is 1.86 bits per heavy atom. The van der Waals surface area contributed by atoms with E-state index in [2.05, 4.69) is 10.4 Å². The number of carbonyl (C=O) groups is 1. The minimum atomic E-state index is -0.469. The van der Waals surface area contributed by atoms with Crippen molar-refractivity contribution in [3.8, 4) is 5.75 Å². The average Bonchev–Trinajstić information content (AvgIpc) is 3.12. The van der Waals surface area contributed by atoms with Gasteiger partial charge in [-0.25, -0.2) is 0 Å². The third-order valence-electron chi connectivity index (χ3n) is 5.79. The fraction of sp³-hybridized carbons (Fsp3) is 0.185. The van der Waals surface area contributed by atoms with Crippen molar-refractivity contribution in [2.24, 2.45) is 0 Å². The molecule has 1 N–H and O–H groups in total. The van der Waals surface area contributed by atoms with Crippen LogP contribution >= 0.6 is 11.6 Å². The quantitative estimate of drug-likeness (QED) is 0.226. The number of amides is 1. The van der Waals surface area contributed by atoms with Crippen molar-refractivity contribution in [3.63, 3.8) is 0 Å². The Morgan fingerprint density at radius 1 is 1.08 bits per heavy atom. The molecule has 36 heavy (non-hydrogen) atoms. The molecule has 1 amide bonds. The maximum absolute atomic E-state index is 13.0. The van der Waals surface area contributed by atoms with Gasteiger partial charge < -0.3 is 10.1 Å². The Hall–Kier alpha value is -4.17. The topological polar surface area (TPSA) is 99.3 Å². The number of hydrogen-bond acceptors (Lipinski definition) is 5. The molecule has 1 heterocycles. The van der Waals surface area contributed by atoms with Crippen LogP contribution in [0.5, 0.6) is 5.75 Å². The van der Waals surface area contributed by atoms with Gasteiger partial charge in [-0.2, -0.15) is 5.10 Å². The summed E-state index contributed by atoms with van der Waals surface area (Å²) in [6.07, 6.45) is 0. The molecular formula is C27H25ClN4O4. The second-order valence-electron chi connectivity index (χ2n) is 8.47. The molecule has 0 fully saturated rings. The first-order chi connectivity index (χ1) is 17.2. The molecule has 0 atom stereocenters. The second-order valence-corrected chi connectivity index (χ2v) is 8.87. The summed E-state index contributed by atoms with van der Waals surface area (Å²) in [5.41, 5.74) is 4.91. The normalized spacial score (nSPS) is 10.8. The first kappa shape index (κ1) is 24.9. The maximum Gasteiger partial charge on any atom is 0.311 e. The lowest BCUT2D eigenvalue weighted by molar-refractivity contribution is -0.386. The van der Waals surface area contributed by atoms with E-state index in [1.807, 2.05) is 42.8 Å². The zero-order valence-electron chi connectivity index (χ0n) is 20.1. The molecule has 0 saturated heterocycles. The van der Waals surface area contributed by atoms with Crippen LogP contribution in [-0.2, 0) is 13.2 Å². The fourth-order valence-electron chi connectivity index (χ4n) is 3.86. The number of anilines is 1. The Balaban J connectivity index is 1.48. The van der Waals surface area contributed by atoms with Crippen LogP contribution in [0.1, 0.15) is 38.4 Å². The number of aromatic nitrogens is 2. The van der Waals surface area contributed by atoms with Gasteiger partial charge in [0.2, 0.25) is 0 Å². The van der Waals surface area contributed by atoms with Crippen molar-refractivity contribution in [2.45, 2.75) is 33.9 Å². The largest absolute Gasteiger partial charge is 0.482 e. The predicted octanol–water partition coefficient (Wildman–Crippen LogP) is 6.25. The number of nitrogens with zero attached hydrogens (tertiary/aromatic N) is 3. The molecule has 0 bridgehead atoms. The van der Waals surface area contributed by atoms with E-state index in [4.69, 9.17) is 16.3 Å². The number of nitro benzene ring substituents is 1. The number of hydrogen-bond donors (Lipinski definition) is 1. The van der Waals surface area contributed by atoms with E-state index in [1.54, 1.807) is 43.3 Å². The third kappa shape index (κ3) is 5.55. The smallest absolute Gasteiger partial charge is 0.311 e. The summed E-state index contributed by atoms with van der Waals surface area (Å²) >= 11 is 6.29. The highest BCUT2D eigenvalue weighted by Gasteiger charge is 2.18. The van der Waals surface area contributed by atoms with Crippen molar-refractivity contribution < 1.29 is 14.5 Å². The maximum atomic E-state index is 13.0. The Labute approximate surface area is 213 Å². The van der Waals surface area contributed by atoms with Crippen molar-refractivity contribution in [3.05, 3.63) is 116 Å².